The van der Waals surface area contributed by atoms with Gasteiger partial charge in [-0.25, -0.2) is 0 Å². The molecule has 0 aromatic rings. The molecule has 13 heavy (non-hydrogen) atoms. The number of ether oxygens (including phenoxy) is 1. The third kappa shape index (κ3) is 3.00. The van der Waals surface area contributed by atoms with Crippen LogP contribution in [0.15, 0.2) is 0 Å². The van der Waals surface area contributed by atoms with Crippen LogP contribution in [0.4, 0.5) is 0 Å². The van der Waals surface area contributed by atoms with Crippen molar-refractivity contribution in [2.24, 2.45) is 5.73 Å². The summed E-state index contributed by atoms with van der Waals surface area (Å²) in [5, 5.41) is 3.41. The molecule has 0 aromatic heterocycles. The van der Waals surface area contributed by atoms with Gasteiger partial charge in [0, 0.05) is 25.3 Å². The third-order valence-electron chi connectivity index (χ3n) is 2.57. The molecule has 3 nitrogen and oxygen atoms in total. The van der Waals surface area contributed by atoms with Crippen LogP contribution < -0.4 is 11.1 Å². The van der Waals surface area contributed by atoms with Gasteiger partial charge < -0.3 is 10.5 Å². The SMILES string of the molecule is CC#CCNC1(CN)CCOCC1. The second kappa shape index (κ2) is 5.23. The fourth-order valence-electron chi connectivity index (χ4n) is 1.54. The van der Waals surface area contributed by atoms with Gasteiger partial charge in [-0.2, -0.15) is 0 Å². The molecule has 74 valence electrons. The summed E-state index contributed by atoms with van der Waals surface area (Å²) in [4.78, 5) is 0. The van der Waals surface area contributed by atoms with E-state index in [0.29, 0.717) is 6.54 Å². The monoisotopic (exact) mass is 182 g/mol. The number of hydrogen-bond acceptors (Lipinski definition) is 3. The van der Waals surface area contributed by atoms with Gasteiger partial charge in [0.1, 0.15) is 0 Å². The lowest BCUT2D eigenvalue weighted by Crippen LogP contribution is -2.54. The van der Waals surface area contributed by atoms with Crippen LogP contribution in [-0.4, -0.2) is 31.8 Å². The zero-order valence-electron chi connectivity index (χ0n) is 8.23. The van der Waals surface area contributed by atoms with Crippen LogP contribution in [0.1, 0.15) is 19.8 Å². The van der Waals surface area contributed by atoms with Crippen LogP contribution in [0.2, 0.25) is 0 Å². The Hall–Kier alpha value is -0.560. The van der Waals surface area contributed by atoms with E-state index >= 15 is 0 Å². The molecule has 1 fully saturated rings. The molecular weight excluding hydrogens is 164 g/mol. The van der Waals surface area contributed by atoms with Crippen molar-refractivity contribution in [2.45, 2.75) is 25.3 Å². The molecule has 1 saturated heterocycles. The van der Waals surface area contributed by atoms with Crippen molar-refractivity contribution in [2.75, 3.05) is 26.3 Å². The summed E-state index contributed by atoms with van der Waals surface area (Å²) in [6.45, 7) is 4.86. The van der Waals surface area contributed by atoms with Crippen LogP contribution in [0, 0.1) is 11.8 Å². The molecule has 0 radical (unpaired) electrons. The lowest BCUT2D eigenvalue weighted by atomic mass is 9.90. The first-order valence-electron chi connectivity index (χ1n) is 4.75. The van der Waals surface area contributed by atoms with E-state index in [2.05, 4.69) is 17.2 Å². The van der Waals surface area contributed by atoms with E-state index in [1.807, 2.05) is 6.92 Å². The summed E-state index contributed by atoms with van der Waals surface area (Å²) < 4.78 is 5.30. The Morgan fingerprint density at radius 2 is 2.15 bits per heavy atom. The van der Waals surface area contributed by atoms with Crippen LogP contribution in [0.3, 0.4) is 0 Å². The molecule has 0 bridgehead atoms. The van der Waals surface area contributed by atoms with E-state index in [9.17, 15) is 0 Å². The normalized spacial score (nSPS) is 20.5. The van der Waals surface area contributed by atoms with Crippen LogP contribution in [0.5, 0.6) is 0 Å². The average molecular weight is 182 g/mol. The molecular formula is C10H18N2O. The number of rotatable bonds is 3. The topological polar surface area (TPSA) is 47.3 Å². The van der Waals surface area contributed by atoms with Gasteiger partial charge in [0.05, 0.1) is 6.54 Å². The van der Waals surface area contributed by atoms with Gasteiger partial charge in [-0.05, 0) is 19.8 Å². The number of nitrogens with one attached hydrogen (secondary N) is 1. The van der Waals surface area contributed by atoms with E-state index in [1.165, 1.54) is 0 Å². The van der Waals surface area contributed by atoms with Gasteiger partial charge in [-0.15, -0.1) is 5.92 Å². The Morgan fingerprint density at radius 1 is 1.46 bits per heavy atom. The van der Waals surface area contributed by atoms with Crippen LogP contribution >= 0.6 is 0 Å². The summed E-state index contributed by atoms with van der Waals surface area (Å²) in [5.41, 5.74) is 5.83. The molecule has 0 unspecified atom stereocenters. The second-order valence-corrected chi connectivity index (χ2v) is 3.38. The molecule has 3 N–H and O–H groups in total. The van der Waals surface area contributed by atoms with Crippen LogP contribution in [0.25, 0.3) is 0 Å². The van der Waals surface area contributed by atoms with Gasteiger partial charge in [-0.3, -0.25) is 5.32 Å². The standard InChI is InChI=1S/C10H18N2O/c1-2-3-6-12-10(9-11)4-7-13-8-5-10/h12H,4-9,11H2,1H3. The van der Waals surface area contributed by atoms with Crippen LogP contribution in [-0.2, 0) is 4.74 Å². The fraction of sp³-hybridized carbons (Fsp3) is 0.800. The Bertz CT molecular complexity index is 199. The highest BCUT2D eigenvalue weighted by Crippen LogP contribution is 2.18. The van der Waals surface area contributed by atoms with Gasteiger partial charge in [0.2, 0.25) is 0 Å². The van der Waals surface area contributed by atoms with Crippen molar-refractivity contribution >= 4 is 0 Å². The maximum absolute atomic E-state index is 5.75. The maximum Gasteiger partial charge on any atom is 0.0581 e. The molecule has 1 heterocycles. The summed E-state index contributed by atoms with van der Waals surface area (Å²) in [5.74, 6) is 5.86. The van der Waals surface area contributed by atoms with Crippen molar-refractivity contribution in [1.82, 2.24) is 5.32 Å². The first kappa shape index (κ1) is 10.5. The smallest absolute Gasteiger partial charge is 0.0581 e. The average Bonchev–Trinajstić information content (AvgIpc) is 2.20. The van der Waals surface area contributed by atoms with E-state index < -0.39 is 0 Å². The zero-order chi connectivity index (χ0) is 9.57. The minimum Gasteiger partial charge on any atom is -0.381 e. The van der Waals surface area contributed by atoms with Gasteiger partial charge in [0.15, 0.2) is 0 Å². The largest absolute Gasteiger partial charge is 0.381 e. The molecule has 3 heteroatoms. The molecule has 0 saturated carbocycles. The molecule has 0 atom stereocenters. The molecule has 0 spiro atoms. The van der Waals surface area contributed by atoms with E-state index in [0.717, 1.165) is 32.6 Å². The predicted molar refractivity (Wildman–Crippen MR) is 53.3 cm³/mol. The second-order valence-electron chi connectivity index (χ2n) is 3.38. The fourth-order valence-corrected chi connectivity index (χ4v) is 1.54. The molecule has 0 aromatic carbocycles. The Balaban J connectivity index is 2.41. The molecule has 1 aliphatic heterocycles. The van der Waals surface area contributed by atoms with Crippen molar-refractivity contribution in [3.05, 3.63) is 0 Å². The Morgan fingerprint density at radius 3 is 2.69 bits per heavy atom. The van der Waals surface area contributed by atoms with Gasteiger partial charge in [0.25, 0.3) is 0 Å². The van der Waals surface area contributed by atoms with Crippen molar-refractivity contribution in [3.63, 3.8) is 0 Å². The lowest BCUT2D eigenvalue weighted by molar-refractivity contribution is 0.0431. The van der Waals surface area contributed by atoms with Gasteiger partial charge in [-0.1, -0.05) is 5.92 Å². The number of hydrogen-bond donors (Lipinski definition) is 2. The molecule has 1 rings (SSSR count). The highest BCUT2D eigenvalue weighted by atomic mass is 16.5. The third-order valence-corrected chi connectivity index (χ3v) is 2.57. The quantitative estimate of drug-likeness (QED) is 0.609. The van der Waals surface area contributed by atoms with Crippen molar-refractivity contribution in [3.8, 4) is 11.8 Å². The first-order chi connectivity index (χ1) is 6.33. The predicted octanol–water partition coefficient (Wildman–Crippen LogP) is 0.107. The summed E-state index contributed by atoms with van der Waals surface area (Å²) in [6, 6.07) is 0. The zero-order valence-corrected chi connectivity index (χ0v) is 8.23. The minimum atomic E-state index is 0.0715. The first-order valence-corrected chi connectivity index (χ1v) is 4.75. The van der Waals surface area contributed by atoms with E-state index in [4.69, 9.17) is 10.5 Å². The molecule has 0 aliphatic carbocycles. The highest BCUT2D eigenvalue weighted by Gasteiger charge is 2.29. The van der Waals surface area contributed by atoms with Crippen molar-refractivity contribution in [1.29, 1.82) is 0 Å². The minimum absolute atomic E-state index is 0.0715. The molecule has 1 aliphatic rings. The maximum atomic E-state index is 5.75. The molecule has 0 amide bonds. The number of nitrogens with two attached hydrogens (primary N) is 1. The highest BCUT2D eigenvalue weighted by molar-refractivity contribution is 5.01. The van der Waals surface area contributed by atoms with Crippen molar-refractivity contribution < 1.29 is 4.74 Å². The Kier molecular flexibility index (Phi) is 4.23. The lowest BCUT2D eigenvalue weighted by Gasteiger charge is -2.36. The summed E-state index contributed by atoms with van der Waals surface area (Å²) in [7, 11) is 0. The summed E-state index contributed by atoms with van der Waals surface area (Å²) in [6.07, 6.45) is 1.99. The van der Waals surface area contributed by atoms with E-state index in [1.54, 1.807) is 0 Å². The van der Waals surface area contributed by atoms with E-state index in [-0.39, 0.29) is 5.54 Å². The van der Waals surface area contributed by atoms with Gasteiger partial charge >= 0.3 is 0 Å². The summed E-state index contributed by atoms with van der Waals surface area (Å²) >= 11 is 0. The Labute approximate surface area is 80.0 Å².